The summed E-state index contributed by atoms with van der Waals surface area (Å²) in [4.78, 5) is 34.2. The normalized spacial score (nSPS) is 13.2. The van der Waals surface area contributed by atoms with E-state index in [4.69, 9.17) is 14.9 Å². The van der Waals surface area contributed by atoms with Crippen LogP contribution in [0.2, 0.25) is 0 Å². The first-order chi connectivity index (χ1) is 28.2. The van der Waals surface area contributed by atoms with E-state index in [1.54, 1.807) is 0 Å². The molecule has 0 bridgehead atoms. The van der Waals surface area contributed by atoms with E-state index >= 15 is 0 Å². The smallest absolute Gasteiger partial charge is 0.306 e. The van der Waals surface area contributed by atoms with Crippen LogP contribution in [0.15, 0.2) is 0 Å². The van der Waals surface area contributed by atoms with Gasteiger partial charge >= 0.3 is 17.9 Å². The Morgan fingerprint density at radius 3 is 1.05 bits per heavy atom. The molecular weight excluding hydrogens is 725 g/mol. The minimum absolute atomic E-state index is 0.214. The highest BCUT2D eigenvalue weighted by Gasteiger charge is 2.33. The second-order valence-electron chi connectivity index (χ2n) is 18.5. The number of unbranched alkanes of at least 4 members (excludes halogenated alkanes) is 30. The fourth-order valence-electron chi connectivity index (χ4n) is 9.22. The summed E-state index contributed by atoms with van der Waals surface area (Å²) in [5, 5.41) is 28.1. The Labute approximate surface area is 359 Å². The number of carboxylic acid groups (broad SMARTS) is 3. The number of carboxylic acids is 3. The molecule has 58 heavy (non-hydrogen) atoms. The van der Waals surface area contributed by atoms with E-state index in [2.05, 4.69) is 13.8 Å². The van der Waals surface area contributed by atoms with Gasteiger partial charge in [0.25, 0.3) is 0 Å². The maximum absolute atomic E-state index is 12.9. The van der Waals surface area contributed by atoms with Crippen molar-refractivity contribution in [1.82, 2.24) is 0 Å². The van der Waals surface area contributed by atoms with Gasteiger partial charge in [-0.15, -0.1) is 0 Å². The highest BCUT2D eigenvalue weighted by atomic mass is 16.5. The van der Waals surface area contributed by atoms with E-state index in [-0.39, 0.29) is 5.92 Å². The highest BCUT2D eigenvalue weighted by Crippen LogP contribution is 2.38. The lowest BCUT2D eigenvalue weighted by atomic mass is 9.71. The van der Waals surface area contributed by atoms with Crippen molar-refractivity contribution < 1.29 is 34.4 Å². The van der Waals surface area contributed by atoms with Crippen LogP contribution in [0.5, 0.6) is 0 Å². The third-order valence-electron chi connectivity index (χ3n) is 12.6. The number of ether oxygens (including phenoxy) is 1. The molecule has 0 radical (unpaired) electrons. The zero-order chi connectivity index (χ0) is 42.7. The Morgan fingerprint density at radius 1 is 0.414 bits per heavy atom. The van der Waals surface area contributed by atoms with Gasteiger partial charge in [0.2, 0.25) is 0 Å². The lowest BCUT2D eigenvalue weighted by molar-refractivity contribution is -0.145. The average Bonchev–Trinajstić information content (AvgIpc) is 3.18. The van der Waals surface area contributed by atoms with Crippen molar-refractivity contribution in [3.05, 3.63) is 0 Å². The van der Waals surface area contributed by atoms with E-state index in [1.807, 2.05) is 6.92 Å². The number of rotatable bonds is 48. The zero-order valence-electron chi connectivity index (χ0n) is 38.8. The van der Waals surface area contributed by atoms with Gasteiger partial charge in [-0.2, -0.15) is 0 Å². The van der Waals surface area contributed by atoms with Gasteiger partial charge in [0.05, 0.1) is 5.92 Å². The van der Waals surface area contributed by atoms with Gasteiger partial charge in [0.15, 0.2) is 0 Å². The monoisotopic (exact) mass is 823 g/mol. The molecule has 0 aliphatic carbocycles. The number of aliphatic carboxylic acids is 3. The fraction of sp³-hybridized carbons (Fsp3) is 0.941. The van der Waals surface area contributed by atoms with E-state index < -0.39 is 17.9 Å². The van der Waals surface area contributed by atoms with Crippen molar-refractivity contribution in [3.63, 3.8) is 0 Å². The van der Waals surface area contributed by atoms with Crippen LogP contribution in [0.1, 0.15) is 271 Å². The number of hydrogen-bond donors (Lipinski definition) is 3. The van der Waals surface area contributed by atoms with Crippen LogP contribution in [0.3, 0.4) is 0 Å². The predicted molar refractivity (Wildman–Crippen MR) is 245 cm³/mol. The number of hydrogen-bond acceptors (Lipinski definition) is 4. The zero-order valence-corrected chi connectivity index (χ0v) is 38.8. The van der Waals surface area contributed by atoms with E-state index in [9.17, 15) is 19.5 Å². The summed E-state index contributed by atoms with van der Waals surface area (Å²) in [7, 11) is 0. The van der Waals surface area contributed by atoms with Crippen molar-refractivity contribution in [3.8, 4) is 0 Å². The topological polar surface area (TPSA) is 121 Å². The minimum atomic E-state index is -0.675. The Morgan fingerprint density at radius 2 is 0.724 bits per heavy atom. The largest absolute Gasteiger partial charge is 0.481 e. The summed E-state index contributed by atoms with van der Waals surface area (Å²) < 4.78 is 5.50. The minimum Gasteiger partial charge on any atom is -0.481 e. The molecule has 0 saturated carbocycles. The molecule has 3 N–H and O–H groups in total. The first kappa shape index (κ1) is 56.4. The summed E-state index contributed by atoms with van der Waals surface area (Å²) >= 11 is 0. The standard InChI is InChI=1S/C51H98O7/c1-4-58-43-37-31-25-28-34-40-48(51(56)57)47(39-33-27-22-18-14-10-6-5-7-11-15-19-23-29-35-41-49(52)53)46(44-45(2)3)38-32-26-21-17-13-9-8-12-16-20-24-30-36-42-50(54)55/h45-48H,4-44H2,1-3H3,(H,52,53)(H,54,55)(H,56,57). The average molecular weight is 823 g/mol. The van der Waals surface area contributed by atoms with Gasteiger partial charge in [0.1, 0.15) is 0 Å². The highest BCUT2D eigenvalue weighted by molar-refractivity contribution is 5.70. The third-order valence-corrected chi connectivity index (χ3v) is 12.6. The Bertz CT molecular complexity index is 905. The maximum Gasteiger partial charge on any atom is 0.306 e. The summed E-state index contributed by atoms with van der Waals surface area (Å²) in [6.45, 7) is 8.32. The number of carbonyl (C=O) groups is 3. The van der Waals surface area contributed by atoms with Crippen LogP contribution in [-0.4, -0.2) is 46.4 Å². The summed E-state index contributed by atoms with van der Waals surface area (Å²) in [5.41, 5.74) is 0. The Balaban J connectivity index is 4.68. The summed E-state index contributed by atoms with van der Waals surface area (Å²) in [6, 6.07) is 0. The van der Waals surface area contributed by atoms with Gasteiger partial charge in [-0.3, -0.25) is 14.4 Å². The maximum atomic E-state index is 12.9. The van der Waals surface area contributed by atoms with Crippen LogP contribution in [0, 0.1) is 23.7 Å². The lowest BCUT2D eigenvalue weighted by Crippen LogP contribution is -2.31. The van der Waals surface area contributed by atoms with Gasteiger partial charge in [-0.05, 0) is 63.2 Å². The SMILES string of the molecule is CCOCCCCCCCC(C(=O)O)C(CCCCCCCCCCCCCCCCCC(=O)O)C(CCCCCCCCCCCCCCCC(=O)O)CC(C)C. The van der Waals surface area contributed by atoms with Crippen LogP contribution >= 0.6 is 0 Å². The molecule has 0 saturated heterocycles. The first-order valence-corrected chi connectivity index (χ1v) is 25.4. The Hall–Kier alpha value is -1.63. The molecule has 0 spiro atoms. The molecule has 3 unspecified atom stereocenters. The molecule has 344 valence electrons. The van der Waals surface area contributed by atoms with Crippen LogP contribution < -0.4 is 0 Å². The summed E-state index contributed by atoms with van der Waals surface area (Å²) in [5.74, 6) is -0.724. The molecule has 0 aromatic rings. The lowest BCUT2D eigenvalue weighted by Gasteiger charge is -2.33. The van der Waals surface area contributed by atoms with E-state index in [0.717, 1.165) is 77.4 Å². The van der Waals surface area contributed by atoms with Crippen molar-refractivity contribution >= 4 is 17.9 Å². The first-order valence-electron chi connectivity index (χ1n) is 25.4. The molecule has 0 rings (SSSR count). The van der Waals surface area contributed by atoms with Gasteiger partial charge in [-0.25, -0.2) is 0 Å². The molecule has 0 aliphatic heterocycles. The molecular formula is C51H98O7. The molecule has 0 aromatic heterocycles. The van der Waals surface area contributed by atoms with Gasteiger partial charge in [0, 0.05) is 26.1 Å². The predicted octanol–water partition coefficient (Wildman–Crippen LogP) is 16.0. The second kappa shape index (κ2) is 43.5. The third kappa shape index (κ3) is 39.8. The van der Waals surface area contributed by atoms with E-state index in [0.29, 0.717) is 30.6 Å². The van der Waals surface area contributed by atoms with Crippen molar-refractivity contribution in [2.75, 3.05) is 13.2 Å². The van der Waals surface area contributed by atoms with Crippen molar-refractivity contribution in [1.29, 1.82) is 0 Å². The molecule has 0 fully saturated rings. The second-order valence-corrected chi connectivity index (χ2v) is 18.5. The summed E-state index contributed by atoms with van der Waals surface area (Å²) in [6.07, 6.45) is 44.9. The fourth-order valence-corrected chi connectivity index (χ4v) is 9.22. The van der Waals surface area contributed by atoms with Crippen LogP contribution in [0.4, 0.5) is 0 Å². The molecule has 7 heteroatoms. The van der Waals surface area contributed by atoms with E-state index in [1.165, 1.54) is 173 Å². The molecule has 0 aliphatic rings. The van der Waals surface area contributed by atoms with Crippen molar-refractivity contribution in [2.24, 2.45) is 23.7 Å². The van der Waals surface area contributed by atoms with Crippen molar-refractivity contribution in [2.45, 2.75) is 271 Å². The van der Waals surface area contributed by atoms with Crippen LogP contribution in [-0.2, 0) is 19.1 Å². The molecule has 7 nitrogen and oxygen atoms in total. The molecule has 3 atom stereocenters. The van der Waals surface area contributed by atoms with Gasteiger partial charge < -0.3 is 20.1 Å². The quantitative estimate of drug-likeness (QED) is 0.0523. The van der Waals surface area contributed by atoms with Gasteiger partial charge in [-0.1, -0.05) is 213 Å². The Kier molecular flexibility index (Phi) is 42.2. The molecule has 0 amide bonds. The molecule has 0 aromatic carbocycles. The van der Waals surface area contributed by atoms with Crippen LogP contribution in [0.25, 0.3) is 0 Å². The molecule has 0 heterocycles.